The molecular formula is C16H17N3O3. The fourth-order valence-corrected chi connectivity index (χ4v) is 2.52. The molecule has 2 heterocycles. The van der Waals surface area contributed by atoms with Crippen LogP contribution in [0.4, 0.5) is 0 Å². The molecule has 22 heavy (non-hydrogen) atoms. The Balaban J connectivity index is 1.56. The molecule has 6 nitrogen and oxygen atoms in total. The number of hydrogen-bond donors (Lipinski definition) is 1. The van der Waals surface area contributed by atoms with Crippen LogP contribution in [-0.4, -0.2) is 34.3 Å². The molecule has 0 radical (unpaired) electrons. The fourth-order valence-electron chi connectivity index (χ4n) is 2.52. The molecule has 1 aliphatic heterocycles. The largest absolute Gasteiger partial charge is 0.448 e. The van der Waals surface area contributed by atoms with Crippen molar-refractivity contribution in [2.45, 2.75) is 18.9 Å². The average molecular weight is 299 g/mol. The third-order valence-corrected chi connectivity index (χ3v) is 3.66. The lowest BCUT2D eigenvalue weighted by Gasteiger charge is -2.23. The van der Waals surface area contributed by atoms with Gasteiger partial charge in [-0.1, -0.05) is 18.2 Å². The Morgan fingerprint density at radius 1 is 1.45 bits per heavy atom. The van der Waals surface area contributed by atoms with Gasteiger partial charge in [0, 0.05) is 26.2 Å². The Bertz CT molecular complexity index is 708. The van der Waals surface area contributed by atoms with Crippen molar-refractivity contribution in [3.8, 4) is 0 Å². The van der Waals surface area contributed by atoms with Crippen molar-refractivity contribution in [1.82, 2.24) is 15.1 Å². The molecule has 1 aliphatic rings. The highest BCUT2D eigenvalue weighted by Crippen LogP contribution is 2.20. The van der Waals surface area contributed by atoms with Gasteiger partial charge < -0.3 is 10.1 Å². The maximum atomic E-state index is 12.1. The number of aryl methyl sites for hydroxylation is 1. The number of rotatable bonds is 4. The van der Waals surface area contributed by atoms with Crippen LogP contribution < -0.4 is 5.32 Å². The van der Waals surface area contributed by atoms with Gasteiger partial charge in [-0.15, -0.1) is 0 Å². The molecule has 0 fully saturated rings. The minimum absolute atomic E-state index is 0.258. The first-order chi connectivity index (χ1) is 10.6. The summed E-state index contributed by atoms with van der Waals surface area (Å²) in [6.07, 6.45) is 4.03. The van der Waals surface area contributed by atoms with Crippen molar-refractivity contribution in [3.63, 3.8) is 0 Å². The van der Waals surface area contributed by atoms with Gasteiger partial charge in [-0.25, -0.2) is 4.79 Å². The first kappa shape index (κ1) is 14.3. The quantitative estimate of drug-likeness (QED) is 0.850. The van der Waals surface area contributed by atoms with E-state index >= 15 is 0 Å². The molecule has 1 N–H and O–H groups in total. The topological polar surface area (TPSA) is 73.2 Å². The summed E-state index contributed by atoms with van der Waals surface area (Å²) in [4.78, 5) is 24.0. The molecule has 1 aromatic carbocycles. The van der Waals surface area contributed by atoms with Crippen LogP contribution in [0.15, 0.2) is 36.7 Å². The monoisotopic (exact) mass is 299 g/mol. The highest BCUT2D eigenvalue weighted by Gasteiger charge is 2.30. The van der Waals surface area contributed by atoms with Crippen LogP contribution in [0, 0.1) is 0 Å². The molecule has 1 aromatic heterocycles. The van der Waals surface area contributed by atoms with Crippen molar-refractivity contribution in [2.75, 3.05) is 6.54 Å². The molecule has 1 atom stereocenters. The van der Waals surface area contributed by atoms with E-state index in [9.17, 15) is 9.59 Å². The highest BCUT2D eigenvalue weighted by atomic mass is 16.5. The maximum absolute atomic E-state index is 12.1. The number of esters is 1. The molecule has 0 unspecified atom stereocenters. The van der Waals surface area contributed by atoms with Crippen LogP contribution in [0.5, 0.6) is 0 Å². The molecule has 0 aliphatic carbocycles. The Kier molecular flexibility index (Phi) is 3.91. The van der Waals surface area contributed by atoms with E-state index in [4.69, 9.17) is 4.74 Å². The van der Waals surface area contributed by atoms with Crippen molar-refractivity contribution in [1.29, 1.82) is 0 Å². The summed E-state index contributed by atoms with van der Waals surface area (Å²) in [5, 5.41) is 6.88. The average Bonchev–Trinajstić information content (AvgIpc) is 2.92. The minimum Gasteiger partial charge on any atom is -0.448 e. The number of carbonyl (C=O) groups excluding carboxylic acids is 2. The number of cyclic esters (lactones) is 1. The Hall–Kier alpha value is -2.63. The molecule has 0 saturated carbocycles. The van der Waals surface area contributed by atoms with E-state index in [1.54, 1.807) is 23.0 Å². The van der Waals surface area contributed by atoms with Crippen LogP contribution in [0.25, 0.3) is 0 Å². The molecule has 0 saturated heterocycles. The first-order valence-corrected chi connectivity index (χ1v) is 7.17. The Morgan fingerprint density at radius 3 is 3.05 bits per heavy atom. The Morgan fingerprint density at radius 2 is 2.27 bits per heavy atom. The van der Waals surface area contributed by atoms with E-state index in [0.717, 1.165) is 11.1 Å². The summed E-state index contributed by atoms with van der Waals surface area (Å²) in [5.41, 5.74) is 2.45. The number of benzene rings is 1. The maximum Gasteiger partial charge on any atom is 0.339 e. The van der Waals surface area contributed by atoms with Gasteiger partial charge in [-0.2, -0.15) is 5.10 Å². The second-order valence-electron chi connectivity index (χ2n) is 5.32. The highest BCUT2D eigenvalue weighted by molar-refractivity contribution is 5.95. The van der Waals surface area contributed by atoms with Crippen LogP contribution in [0.1, 0.15) is 21.5 Å². The van der Waals surface area contributed by atoms with E-state index in [0.29, 0.717) is 24.9 Å². The standard InChI is InChI=1S/C16H17N3O3/c1-19-10-11(9-18-19)6-7-17-15(20)14-8-12-4-2-3-5-13(12)16(21)22-14/h2-5,9-10,14H,6-8H2,1H3,(H,17,20)/t14-/m0/s1. The zero-order chi connectivity index (χ0) is 15.5. The predicted molar refractivity (Wildman–Crippen MR) is 79.3 cm³/mol. The van der Waals surface area contributed by atoms with Gasteiger partial charge in [0.05, 0.1) is 11.8 Å². The van der Waals surface area contributed by atoms with Gasteiger partial charge in [0.15, 0.2) is 6.10 Å². The van der Waals surface area contributed by atoms with Crippen LogP contribution >= 0.6 is 0 Å². The van der Waals surface area contributed by atoms with E-state index in [1.807, 2.05) is 25.4 Å². The molecule has 1 amide bonds. The molecule has 0 bridgehead atoms. The summed E-state index contributed by atoms with van der Waals surface area (Å²) in [5.74, 6) is -0.694. The lowest BCUT2D eigenvalue weighted by molar-refractivity contribution is -0.130. The lowest BCUT2D eigenvalue weighted by atomic mass is 9.98. The van der Waals surface area contributed by atoms with E-state index in [2.05, 4.69) is 10.4 Å². The van der Waals surface area contributed by atoms with E-state index < -0.39 is 12.1 Å². The normalized spacial score (nSPS) is 16.8. The van der Waals surface area contributed by atoms with Gasteiger partial charge in [-0.05, 0) is 23.6 Å². The lowest BCUT2D eigenvalue weighted by Crippen LogP contribution is -2.42. The summed E-state index contributed by atoms with van der Waals surface area (Å²) < 4.78 is 6.93. The van der Waals surface area contributed by atoms with Gasteiger partial charge >= 0.3 is 5.97 Å². The van der Waals surface area contributed by atoms with Crippen molar-refractivity contribution < 1.29 is 14.3 Å². The third-order valence-electron chi connectivity index (χ3n) is 3.66. The zero-order valence-electron chi connectivity index (χ0n) is 12.3. The van der Waals surface area contributed by atoms with E-state index in [-0.39, 0.29) is 5.91 Å². The van der Waals surface area contributed by atoms with Gasteiger partial charge in [-0.3, -0.25) is 9.48 Å². The fraction of sp³-hybridized carbons (Fsp3) is 0.312. The number of amides is 1. The summed E-state index contributed by atoms with van der Waals surface area (Å²) in [6, 6.07) is 7.21. The van der Waals surface area contributed by atoms with Crippen LogP contribution in [-0.2, 0) is 29.4 Å². The van der Waals surface area contributed by atoms with Crippen molar-refractivity contribution in [2.24, 2.45) is 7.05 Å². The zero-order valence-corrected chi connectivity index (χ0v) is 12.3. The molecular weight excluding hydrogens is 282 g/mol. The minimum atomic E-state index is -0.753. The Labute approximate surface area is 128 Å². The third kappa shape index (κ3) is 3.00. The number of carbonyl (C=O) groups is 2. The predicted octanol–water partition coefficient (Wildman–Crippen LogP) is 0.860. The molecule has 3 rings (SSSR count). The summed E-state index contributed by atoms with van der Waals surface area (Å²) in [6.45, 7) is 0.486. The number of hydrogen-bond acceptors (Lipinski definition) is 4. The molecule has 0 spiro atoms. The van der Waals surface area contributed by atoms with Crippen molar-refractivity contribution in [3.05, 3.63) is 53.3 Å². The number of nitrogens with zero attached hydrogens (tertiary/aromatic N) is 2. The van der Waals surface area contributed by atoms with Crippen LogP contribution in [0.3, 0.4) is 0 Å². The number of fused-ring (bicyclic) bond motifs is 1. The number of ether oxygens (including phenoxy) is 1. The second kappa shape index (κ2) is 6.01. The van der Waals surface area contributed by atoms with Crippen LogP contribution in [0.2, 0.25) is 0 Å². The number of aromatic nitrogens is 2. The molecule has 6 heteroatoms. The summed E-state index contributed by atoms with van der Waals surface area (Å²) in [7, 11) is 1.85. The SMILES string of the molecule is Cn1cc(CCNC(=O)[C@@H]2Cc3ccccc3C(=O)O2)cn1. The van der Waals surface area contributed by atoms with E-state index in [1.165, 1.54) is 0 Å². The number of nitrogens with one attached hydrogen (secondary N) is 1. The smallest absolute Gasteiger partial charge is 0.339 e. The van der Waals surface area contributed by atoms with Gasteiger partial charge in [0.25, 0.3) is 5.91 Å². The summed E-state index contributed by atoms with van der Waals surface area (Å²) >= 11 is 0. The second-order valence-corrected chi connectivity index (χ2v) is 5.32. The van der Waals surface area contributed by atoms with Gasteiger partial charge in [0.1, 0.15) is 0 Å². The van der Waals surface area contributed by atoms with Crippen molar-refractivity contribution >= 4 is 11.9 Å². The molecule has 2 aromatic rings. The first-order valence-electron chi connectivity index (χ1n) is 7.17. The molecule has 114 valence electrons. The van der Waals surface area contributed by atoms with Gasteiger partial charge in [0.2, 0.25) is 0 Å².